The van der Waals surface area contributed by atoms with E-state index in [-0.39, 0.29) is 29.1 Å². The van der Waals surface area contributed by atoms with Gasteiger partial charge >= 0.3 is 0 Å². The molecular formula is C16H14ClNO3. The molecule has 0 heterocycles. The lowest BCUT2D eigenvalue weighted by Gasteiger charge is -2.09. The molecule has 0 radical (unpaired) electrons. The van der Waals surface area contributed by atoms with Crippen molar-refractivity contribution in [2.45, 2.75) is 13.3 Å². The zero-order valence-electron chi connectivity index (χ0n) is 11.4. The molecule has 21 heavy (non-hydrogen) atoms. The summed E-state index contributed by atoms with van der Waals surface area (Å²) in [5.74, 6) is -0.995. The monoisotopic (exact) mass is 303 g/mol. The van der Waals surface area contributed by atoms with Crippen LogP contribution in [0.25, 0.3) is 0 Å². The predicted octanol–water partition coefficient (Wildman–Crippen LogP) is 3.89. The van der Waals surface area contributed by atoms with Crippen molar-refractivity contribution >= 4 is 29.0 Å². The van der Waals surface area contributed by atoms with Crippen molar-refractivity contribution < 1.29 is 14.7 Å². The molecule has 0 aromatic heterocycles. The first kappa shape index (κ1) is 15.1. The van der Waals surface area contributed by atoms with E-state index >= 15 is 0 Å². The van der Waals surface area contributed by atoms with Crippen molar-refractivity contribution in [2.24, 2.45) is 0 Å². The van der Waals surface area contributed by atoms with Gasteiger partial charge in [0.15, 0.2) is 5.78 Å². The van der Waals surface area contributed by atoms with Crippen LogP contribution in [0.3, 0.4) is 0 Å². The van der Waals surface area contributed by atoms with Crippen LogP contribution in [0.15, 0.2) is 42.5 Å². The van der Waals surface area contributed by atoms with Crippen LogP contribution < -0.4 is 5.32 Å². The van der Waals surface area contributed by atoms with E-state index in [1.807, 2.05) is 0 Å². The quantitative estimate of drug-likeness (QED) is 0.842. The highest BCUT2D eigenvalue weighted by molar-refractivity contribution is 6.30. The third-order valence-electron chi connectivity index (χ3n) is 3.00. The number of rotatable bonds is 4. The molecule has 0 aliphatic heterocycles. The molecule has 0 aliphatic carbocycles. The number of nitrogens with one attached hydrogen (secondary N) is 1. The summed E-state index contributed by atoms with van der Waals surface area (Å²) < 4.78 is 0. The average Bonchev–Trinajstić information content (AvgIpc) is 2.49. The Morgan fingerprint density at radius 3 is 2.33 bits per heavy atom. The van der Waals surface area contributed by atoms with E-state index in [2.05, 4.69) is 5.32 Å². The van der Waals surface area contributed by atoms with E-state index < -0.39 is 5.91 Å². The zero-order chi connectivity index (χ0) is 15.4. The normalized spacial score (nSPS) is 10.2. The molecule has 2 aromatic rings. The smallest absolute Gasteiger partial charge is 0.259 e. The number of carbonyl (C=O) groups excluding carboxylic acids is 2. The molecular weight excluding hydrogens is 290 g/mol. The van der Waals surface area contributed by atoms with Gasteiger partial charge in [0.05, 0.1) is 11.1 Å². The van der Waals surface area contributed by atoms with Gasteiger partial charge in [-0.2, -0.15) is 0 Å². The van der Waals surface area contributed by atoms with Crippen LogP contribution in [0.1, 0.15) is 34.1 Å². The first-order valence-electron chi connectivity index (χ1n) is 6.45. The van der Waals surface area contributed by atoms with Crippen molar-refractivity contribution in [3.05, 3.63) is 58.6 Å². The fourth-order valence-corrected chi connectivity index (χ4v) is 2.00. The van der Waals surface area contributed by atoms with Gasteiger partial charge in [-0.15, -0.1) is 0 Å². The molecule has 1 amide bonds. The Morgan fingerprint density at radius 2 is 1.71 bits per heavy atom. The summed E-state index contributed by atoms with van der Waals surface area (Å²) in [5, 5.41) is 13.3. The average molecular weight is 304 g/mol. The summed E-state index contributed by atoms with van der Waals surface area (Å²) in [6.45, 7) is 1.70. The maximum atomic E-state index is 12.2. The van der Waals surface area contributed by atoms with Gasteiger partial charge in [-0.1, -0.05) is 24.6 Å². The molecule has 0 atom stereocenters. The van der Waals surface area contributed by atoms with E-state index in [1.165, 1.54) is 12.1 Å². The highest BCUT2D eigenvalue weighted by Gasteiger charge is 2.17. The van der Waals surface area contributed by atoms with Gasteiger partial charge in [0.2, 0.25) is 0 Å². The SMILES string of the molecule is CCC(=O)c1cccc(C(=O)Nc2ccc(Cl)cc2)c1O. The summed E-state index contributed by atoms with van der Waals surface area (Å²) in [5.41, 5.74) is 0.765. The number of benzene rings is 2. The Hall–Kier alpha value is -2.33. The molecule has 0 saturated carbocycles. The Morgan fingerprint density at radius 1 is 1.10 bits per heavy atom. The molecule has 0 bridgehead atoms. The number of ketones is 1. The number of hydrogen-bond donors (Lipinski definition) is 2. The number of amides is 1. The number of para-hydroxylation sites is 1. The first-order valence-corrected chi connectivity index (χ1v) is 6.82. The molecule has 4 nitrogen and oxygen atoms in total. The Bertz CT molecular complexity index is 680. The summed E-state index contributed by atoms with van der Waals surface area (Å²) >= 11 is 5.77. The molecule has 2 aromatic carbocycles. The molecule has 5 heteroatoms. The Kier molecular flexibility index (Phi) is 4.60. The van der Waals surface area contributed by atoms with Gasteiger partial charge in [-0.05, 0) is 36.4 Å². The minimum atomic E-state index is -0.486. The lowest BCUT2D eigenvalue weighted by molar-refractivity contribution is 0.0985. The number of phenolic OH excluding ortho intramolecular Hbond substituents is 1. The highest BCUT2D eigenvalue weighted by atomic mass is 35.5. The Balaban J connectivity index is 2.27. The minimum absolute atomic E-state index is 0.0595. The van der Waals surface area contributed by atoms with Gasteiger partial charge in [0.25, 0.3) is 5.91 Å². The maximum absolute atomic E-state index is 12.2. The molecule has 0 unspecified atom stereocenters. The van der Waals surface area contributed by atoms with Crippen LogP contribution in [0, 0.1) is 0 Å². The highest BCUT2D eigenvalue weighted by Crippen LogP contribution is 2.25. The van der Waals surface area contributed by atoms with Gasteiger partial charge in [0.1, 0.15) is 5.75 Å². The molecule has 2 N–H and O–H groups in total. The van der Waals surface area contributed by atoms with Crippen molar-refractivity contribution in [1.82, 2.24) is 0 Å². The minimum Gasteiger partial charge on any atom is -0.506 e. The second-order valence-electron chi connectivity index (χ2n) is 4.44. The lowest BCUT2D eigenvalue weighted by atomic mass is 10.0. The lowest BCUT2D eigenvalue weighted by Crippen LogP contribution is -2.13. The van der Waals surface area contributed by atoms with Gasteiger partial charge in [-0.25, -0.2) is 0 Å². The first-order chi connectivity index (χ1) is 10.0. The van der Waals surface area contributed by atoms with E-state index in [9.17, 15) is 14.7 Å². The van der Waals surface area contributed by atoms with Crippen LogP contribution in [0.4, 0.5) is 5.69 Å². The number of carbonyl (C=O) groups is 2. The number of halogens is 1. The molecule has 0 saturated heterocycles. The Labute approximate surface area is 127 Å². The fourth-order valence-electron chi connectivity index (χ4n) is 1.87. The van der Waals surface area contributed by atoms with Crippen molar-refractivity contribution in [3.63, 3.8) is 0 Å². The number of anilines is 1. The predicted molar refractivity (Wildman–Crippen MR) is 82.1 cm³/mol. The van der Waals surface area contributed by atoms with Gasteiger partial charge < -0.3 is 10.4 Å². The molecule has 0 spiro atoms. The summed E-state index contributed by atoms with van der Waals surface area (Å²) in [6.07, 6.45) is 0.260. The number of hydrogen-bond acceptors (Lipinski definition) is 3. The second-order valence-corrected chi connectivity index (χ2v) is 4.88. The third-order valence-corrected chi connectivity index (χ3v) is 3.26. The fraction of sp³-hybridized carbons (Fsp3) is 0.125. The summed E-state index contributed by atoms with van der Waals surface area (Å²) in [4.78, 5) is 23.9. The summed E-state index contributed by atoms with van der Waals surface area (Å²) in [7, 11) is 0. The maximum Gasteiger partial charge on any atom is 0.259 e. The van der Waals surface area contributed by atoms with Gasteiger partial charge in [0, 0.05) is 17.1 Å². The van der Waals surface area contributed by atoms with Crippen LogP contribution >= 0.6 is 11.6 Å². The van der Waals surface area contributed by atoms with E-state index in [0.29, 0.717) is 10.7 Å². The standard InChI is InChI=1S/C16H14ClNO3/c1-2-14(19)12-4-3-5-13(15(12)20)16(21)18-11-8-6-10(17)7-9-11/h3-9,20H,2H2,1H3,(H,18,21). The van der Waals surface area contributed by atoms with Crippen LogP contribution in [-0.4, -0.2) is 16.8 Å². The van der Waals surface area contributed by atoms with Crippen molar-refractivity contribution in [3.8, 4) is 5.75 Å². The van der Waals surface area contributed by atoms with Crippen LogP contribution in [0.2, 0.25) is 5.02 Å². The van der Waals surface area contributed by atoms with E-state index in [1.54, 1.807) is 37.3 Å². The largest absolute Gasteiger partial charge is 0.506 e. The zero-order valence-corrected chi connectivity index (χ0v) is 12.1. The number of aromatic hydroxyl groups is 1. The van der Waals surface area contributed by atoms with Crippen molar-refractivity contribution in [2.75, 3.05) is 5.32 Å². The van der Waals surface area contributed by atoms with Crippen LogP contribution in [0.5, 0.6) is 5.75 Å². The number of phenols is 1. The van der Waals surface area contributed by atoms with Crippen LogP contribution in [-0.2, 0) is 0 Å². The molecule has 108 valence electrons. The van der Waals surface area contributed by atoms with Crippen molar-refractivity contribution in [1.29, 1.82) is 0 Å². The molecule has 0 aliphatic rings. The van der Waals surface area contributed by atoms with E-state index in [0.717, 1.165) is 0 Å². The van der Waals surface area contributed by atoms with E-state index in [4.69, 9.17) is 11.6 Å². The number of Topliss-reactive ketones (excluding diaryl/α,β-unsaturated/α-hetero) is 1. The topological polar surface area (TPSA) is 66.4 Å². The second kappa shape index (κ2) is 6.41. The third kappa shape index (κ3) is 3.41. The molecule has 0 fully saturated rings. The molecule has 2 rings (SSSR count). The summed E-state index contributed by atoms with van der Waals surface area (Å²) in [6, 6.07) is 11.1. The van der Waals surface area contributed by atoms with Gasteiger partial charge in [-0.3, -0.25) is 9.59 Å².